The first-order chi connectivity index (χ1) is 13.5. The van der Waals surface area contributed by atoms with E-state index in [1.54, 1.807) is 24.3 Å². The van der Waals surface area contributed by atoms with E-state index in [0.717, 1.165) is 6.26 Å². The van der Waals surface area contributed by atoms with Crippen LogP contribution in [0.4, 0.5) is 5.69 Å². The zero-order valence-corrected chi connectivity index (χ0v) is 16.7. The van der Waals surface area contributed by atoms with Crippen molar-refractivity contribution in [1.29, 1.82) is 0 Å². The maximum Gasteiger partial charge on any atom is 0.255 e. The molecule has 9 nitrogen and oxygen atoms in total. The quantitative estimate of drug-likeness (QED) is 0.619. The number of anilines is 1. The Morgan fingerprint density at radius 1 is 0.931 bits per heavy atom. The van der Waals surface area contributed by atoms with Crippen molar-refractivity contribution in [2.45, 2.75) is 9.92 Å². The average molecular weight is 432 g/mol. The van der Waals surface area contributed by atoms with Crippen molar-refractivity contribution in [1.82, 2.24) is 10.2 Å². The third kappa shape index (κ3) is 5.02. The van der Waals surface area contributed by atoms with Crippen LogP contribution in [0.3, 0.4) is 0 Å². The van der Waals surface area contributed by atoms with Crippen LogP contribution in [0.1, 0.15) is 10.4 Å². The molecule has 0 aliphatic carbocycles. The van der Waals surface area contributed by atoms with E-state index in [1.165, 1.54) is 36.4 Å². The Morgan fingerprint density at radius 3 is 2.17 bits per heavy atom. The SMILES string of the molecule is CS(=O)(=O)c1ccc(-c2cccc(NC(=O)c3ccc(S(N)(=O)=O)cc3)c2)nn1. The molecule has 1 amide bonds. The summed E-state index contributed by atoms with van der Waals surface area (Å²) in [6.45, 7) is 0. The highest BCUT2D eigenvalue weighted by Crippen LogP contribution is 2.21. The molecule has 29 heavy (non-hydrogen) atoms. The molecule has 3 aromatic rings. The zero-order valence-electron chi connectivity index (χ0n) is 15.1. The highest BCUT2D eigenvalue weighted by atomic mass is 32.2. The van der Waals surface area contributed by atoms with E-state index < -0.39 is 25.8 Å². The van der Waals surface area contributed by atoms with Gasteiger partial charge in [-0.1, -0.05) is 12.1 Å². The summed E-state index contributed by atoms with van der Waals surface area (Å²) in [5, 5.41) is 15.2. The second kappa shape index (κ2) is 7.70. The van der Waals surface area contributed by atoms with Gasteiger partial charge in [-0.25, -0.2) is 22.0 Å². The maximum absolute atomic E-state index is 12.4. The Kier molecular flexibility index (Phi) is 5.46. The van der Waals surface area contributed by atoms with Crippen LogP contribution in [0, 0.1) is 0 Å². The molecule has 0 bridgehead atoms. The minimum Gasteiger partial charge on any atom is -0.322 e. The Labute approximate surface area is 167 Å². The van der Waals surface area contributed by atoms with Gasteiger partial charge in [0, 0.05) is 23.1 Å². The third-order valence-corrected chi connectivity index (χ3v) is 5.79. The number of benzene rings is 2. The van der Waals surface area contributed by atoms with E-state index in [9.17, 15) is 21.6 Å². The molecule has 1 aromatic heterocycles. The largest absolute Gasteiger partial charge is 0.322 e. The van der Waals surface area contributed by atoms with Gasteiger partial charge in [-0.2, -0.15) is 0 Å². The summed E-state index contributed by atoms with van der Waals surface area (Å²) in [7, 11) is -7.28. The van der Waals surface area contributed by atoms with Crippen LogP contribution in [0.2, 0.25) is 0 Å². The average Bonchev–Trinajstić information content (AvgIpc) is 2.67. The van der Waals surface area contributed by atoms with Crippen molar-refractivity contribution in [3.8, 4) is 11.3 Å². The summed E-state index contributed by atoms with van der Waals surface area (Å²) in [6, 6.07) is 14.8. The van der Waals surface area contributed by atoms with Gasteiger partial charge in [0.1, 0.15) is 0 Å². The van der Waals surface area contributed by atoms with Gasteiger partial charge in [-0.3, -0.25) is 4.79 Å². The minimum absolute atomic E-state index is 0.0906. The molecule has 0 aliphatic rings. The minimum atomic E-state index is -3.84. The van der Waals surface area contributed by atoms with E-state index in [4.69, 9.17) is 5.14 Å². The van der Waals surface area contributed by atoms with Crippen LogP contribution in [0.15, 0.2) is 70.6 Å². The highest BCUT2D eigenvalue weighted by Gasteiger charge is 2.12. The van der Waals surface area contributed by atoms with Crippen molar-refractivity contribution in [3.63, 3.8) is 0 Å². The number of nitrogens with zero attached hydrogens (tertiary/aromatic N) is 2. The monoisotopic (exact) mass is 432 g/mol. The number of carbonyl (C=O) groups is 1. The lowest BCUT2D eigenvalue weighted by molar-refractivity contribution is 0.102. The lowest BCUT2D eigenvalue weighted by Crippen LogP contribution is -2.14. The normalized spacial score (nSPS) is 11.8. The summed E-state index contributed by atoms with van der Waals surface area (Å²) < 4.78 is 45.5. The predicted octanol–water partition coefficient (Wildman–Crippen LogP) is 1.45. The number of carbonyl (C=O) groups excluding carboxylic acids is 1. The molecule has 3 N–H and O–H groups in total. The molecule has 0 spiro atoms. The zero-order chi connectivity index (χ0) is 21.2. The number of sulfonamides is 1. The van der Waals surface area contributed by atoms with E-state index in [0.29, 0.717) is 16.9 Å². The van der Waals surface area contributed by atoms with Gasteiger partial charge in [0.25, 0.3) is 5.91 Å². The summed E-state index contributed by atoms with van der Waals surface area (Å²) >= 11 is 0. The molecule has 11 heteroatoms. The van der Waals surface area contributed by atoms with Gasteiger partial charge < -0.3 is 5.32 Å². The topological polar surface area (TPSA) is 149 Å². The van der Waals surface area contributed by atoms with Crippen LogP contribution in [-0.2, 0) is 19.9 Å². The maximum atomic E-state index is 12.4. The first-order valence-electron chi connectivity index (χ1n) is 8.12. The van der Waals surface area contributed by atoms with Gasteiger partial charge in [0.05, 0.1) is 10.6 Å². The predicted molar refractivity (Wildman–Crippen MR) is 106 cm³/mol. The number of aromatic nitrogens is 2. The lowest BCUT2D eigenvalue weighted by Gasteiger charge is -2.08. The lowest BCUT2D eigenvalue weighted by atomic mass is 10.1. The van der Waals surface area contributed by atoms with Crippen LogP contribution in [-0.4, -0.2) is 39.2 Å². The number of rotatable bonds is 5. The number of primary sulfonamides is 1. The number of hydrogen-bond donors (Lipinski definition) is 2. The van der Waals surface area contributed by atoms with E-state index in [2.05, 4.69) is 15.5 Å². The van der Waals surface area contributed by atoms with Crippen LogP contribution in [0.25, 0.3) is 11.3 Å². The molecule has 0 atom stereocenters. The van der Waals surface area contributed by atoms with Crippen molar-refractivity contribution < 1.29 is 21.6 Å². The van der Waals surface area contributed by atoms with Crippen LogP contribution >= 0.6 is 0 Å². The molecule has 150 valence electrons. The molecule has 0 unspecified atom stereocenters. The summed E-state index contributed by atoms with van der Waals surface area (Å²) in [5.41, 5.74) is 1.78. The Balaban J connectivity index is 1.80. The van der Waals surface area contributed by atoms with Gasteiger partial charge in [-0.15, -0.1) is 10.2 Å². The second-order valence-electron chi connectivity index (χ2n) is 6.13. The van der Waals surface area contributed by atoms with E-state index in [-0.39, 0.29) is 15.5 Å². The second-order valence-corrected chi connectivity index (χ2v) is 9.66. The van der Waals surface area contributed by atoms with Crippen molar-refractivity contribution >= 4 is 31.5 Å². The number of nitrogens with one attached hydrogen (secondary N) is 1. The van der Waals surface area contributed by atoms with Crippen molar-refractivity contribution in [2.24, 2.45) is 5.14 Å². The Hall–Kier alpha value is -3.15. The van der Waals surface area contributed by atoms with Crippen LogP contribution in [0.5, 0.6) is 0 Å². The highest BCUT2D eigenvalue weighted by molar-refractivity contribution is 7.90. The van der Waals surface area contributed by atoms with E-state index >= 15 is 0 Å². The smallest absolute Gasteiger partial charge is 0.255 e. The molecule has 2 aromatic carbocycles. The molecular weight excluding hydrogens is 416 g/mol. The van der Waals surface area contributed by atoms with Gasteiger partial charge in [-0.05, 0) is 48.5 Å². The Bertz CT molecular complexity index is 1270. The molecule has 3 rings (SSSR count). The number of hydrogen-bond acceptors (Lipinski definition) is 7. The molecule has 0 aliphatic heterocycles. The fourth-order valence-corrected chi connectivity index (χ4v) is 3.45. The molecular formula is C18H16N4O5S2. The van der Waals surface area contributed by atoms with Gasteiger partial charge in [0.2, 0.25) is 10.0 Å². The molecule has 0 radical (unpaired) electrons. The third-order valence-electron chi connectivity index (χ3n) is 3.88. The first-order valence-corrected chi connectivity index (χ1v) is 11.6. The number of amides is 1. The standard InChI is InChI=1S/C18H16N4O5S2/c1-28(24,25)17-10-9-16(21-22-17)13-3-2-4-14(11-13)20-18(23)12-5-7-15(8-6-12)29(19,26)27/h2-11H,1H3,(H,20,23)(H2,19,26,27). The summed E-state index contributed by atoms with van der Waals surface area (Å²) in [4.78, 5) is 12.3. The summed E-state index contributed by atoms with van der Waals surface area (Å²) in [6.07, 6.45) is 1.04. The fourth-order valence-electron chi connectivity index (χ4n) is 2.43. The first kappa shape index (κ1) is 20.6. The number of nitrogens with two attached hydrogens (primary N) is 1. The summed E-state index contributed by atoms with van der Waals surface area (Å²) in [5.74, 6) is -0.443. The number of sulfone groups is 1. The van der Waals surface area contributed by atoms with Crippen molar-refractivity contribution in [3.05, 3.63) is 66.2 Å². The van der Waals surface area contributed by atoms with Gasteiger partial charge >= 0.3 is 0 Å². The molecule has 0 fully saturated rings. The van der Waals surface area contributed by atoms with Gasteiger partial charge in [0.15, 0.2) is 14.9 Å². The molecule has 1 heterocycles. The Morgan fingerprint density at radius 2 is 1.62 bits per heavy atom. The molecule has 0 saturated heterocycles. The fraction of sp³-hybridized carbons (Fsp3) is 0.0556. The molecule has 0 saturated carbocycles. The van der Waals surface area contributed by atoms with E-state index in [1.807, 2.05) is 0 Å². The van der Waals surface area contributed by atoms with Crippen molar-refractivity contribution in [2.75, 3.05) is 11.6 Å². The van der Waals surface area contributed by atoms with Crippen LogP contribution < -0.4 is 10.5 Å².